The van der Waals surface area contributed by atoms with Crippen LogP contribution in [0.3, 0.4) is 0 Å². The van der Waals surface area contributed by atoms with Gasteiger partial charge in [-0.3, -0.25) is 9.59 Å². The molecule has 2 atom stereocenters. The van der Waals surface area contributed by atoms with E-state index in [4.69, 9.17) is 14.2 Å². The number of rotatable bonds is 3. The first-order valence-electron chi connectivity index (χ1n) is 7.25. The highest BCUT2D eigenvalue weighted by molar-refractivity contribution is 5.74. The minimum Gasteiger partial charge on any atom is -0.426 e. The van der Waals surface area contributed by atoms with Gasteiger partial charge >= 0.3 is 11.9 Å². The number of ether oxygens (including phenoxy) is 3. The van der Waals surface area contributed by atoms with Crippen molar-refractivity contribution in [1.82, 2.24) is 0 Å². The first-order valence-corrected chi connectivity index (χ1v) is 7.25. The maximum atomic E-state index is 11.4. The van der Waals surface area contributed by atoms with E-state index in [-0.39, 0.29) is 17.9 Å². The lowest BCUT2D eigenvalue weighted by Gasteiger charge is -2.43. The zero-order valence-electron chi connectivity index (χ0n) is 12.8. The minimum atomic E-state index is -0.634. The van der Waals surface area contributed by atoms with E-state index in [1.165, 1.54) is 13.8 Å². The van der Waals surface area contributed by atoms with Gasteiger partial charge in [-0.15, -0.1) is 0 Å². The third kappa shape index (κ3) is 2.22. The van der Waals surface area contributed by atoms with Gasteiger partial charge in [-0.05, 0) is 25.0 Å². The summed E-state index contributed by atoms with van der Waals surface area (Å²) in [7, 11) is 1.63. The van der Waals surface area contributed by atoms with E-state index in [1.807, 2.05) is 6.08 Å². The summed E-state index contributed by atoms with van der Waals surface area (Å²) in [4.78, 5) is 22.8. The van der Waals surface area contributed by atoms with Crippen LogP contribution in [-0.4, -0.2) is 19.0 Å². The van der Waals surface area contributed by atoms with Gasteiger partial charge in [0.1, 0.15) is 17.1 Å². The second-order valence-electron chi connectivity index (χ2n) is 5.64. The zero-order chi connectivity index (χ0) is 15.9. The molecule has 116 valence electrons. The smallest absolute Gasteiger partial charge is 0.308 e. The van der Waals surface area contributed by atoms with Crippen molar-refractivity contribution in [3.63, 3.8) is 0 Å². The van der Waals surface area contributed by atoms with Gasteiger partial charge in [0.15, 0.2) is 0 Å². The normalized spacial score (nSPS) is 24.8. The topological polar surface area (TPSA) is 61.8 Å². The Morgan fingerprint density at radius 3 is 2.32 bits per heavy atom. The monoisotopic (exact) mass is 302 g/mol. The van der Waals surface area contributed by atoms with Crippen LogP contribution in [0.15, 0.2) is 24.3 Å². The van der Waals surface area contributed by atoms with Crippen LogP contribution in [0.1, 0.15) is 43.7 Å². The molecule has 0 spiro atoms. The molecule has 2 bridgehead atoms. The van der Waals surface area contributed by atoms with Gasteiger partial charge in [-0.25, -0.2) is 0 Å². The van der Waals surface area contributed by atoms with E-state index in [0.717, 1.165) is 24.0 Å². The Hall–Kier alpha value is -2.14. The Morgan fingerprint density at radius 2 is 1.77 bits per heavy atom. The number of carbonyl (C=O) groups is 2. The van der Waals surface area contributed by atoms with E-state index in [0.29, 0.717) is 11.5 Å². The lowest BCUT2D eigenvalue weighted by atomic mass is 9.68. The number of fused-ring (bicyclic) bond motifs is 1. The molecule has 0 unspecified atom stereocenters. The van der Waals surface area contributed by atoms with Gasteiger partial charge in [-0.1, -0.05) is 12.2 Å². The fourth-order valence-electron chi connectivity index (χ4n) is 3.41. The van der Waals surface area contributed by atoms with Gasteiger partial charge in [0.2, 0.25) is 0 Å². The van der Waals surface area contributed by atoms with Crippen LogP contribution >= 0.6 is 0 Å². The van der Waals surface area contributed by atoms with E-state index in [9.17, 15) is 9.59 Å². The van der Waals surface area contributed by atoms with Gasteiger partial charge < -0.3 is 14.2 Å². The number of hydrogen-bond acceptors (Lipinski definition) is 5. The predicted octanol–water partition coefficient (Wildman–Crippen LogP) is 2.83. The summed E-state index contributed by atoms with van der Waals surface area (Å²) in [5.74, 6) is 0.346. The lowest BCUT2D eigenvalue weighted by molar-refractivity contribution is -0.133. The quantitative estimate of drug-likeness (QED) is 0.488. The predicted molar refractivity (Wildman–Crippen MR) is 78.9 cm³/mol. The molecule has 3 aliphatic rings. The summed E-state index contributed by atoms with van der Waals surface area (Å²) in [5.41, 5.74) is 1.04. The van der Waals surface area contributed by atoms with Crippen molar-refractivity contribution in [2.75, 3.05) is 7.11 Å². The van der Waals surface area contributed by atoms with Crippen molar-refractivity contribution in [2.45, 2.75) is 38.2 Å². The summed E-state index contributed by atoms with van der Waals surface area (Å²) in [6.45, 7) is 2.73. The average Bonchev–Trinajstić information content (AvgIpc) is 2.49. The molecule has 22 heavy (non-hydrogen) atoms. The fourth-order valence-corrected chi connectivity index (χ4v) is 3.41. The molecule has 0 saturated heterocycles. The third-order valence-electron chi connectivity index (χ3n) is 4.26. The summed E-state index contributed by atoms with van der Waals surface area (Å²) >= 11 is 0. The Labute approximate surface area is 128 Å². The molecular formula is C17H18O5. The van der Waals surface area contributed by atoms with Crippen molar-refractivity contribution in [3.05, 3.63) is 35.4 Å². The SMILES string of the molecule is CO[C@@]12C=C[C@H](CC1)c1c(OC(C)=O)ccc(OC(C)=O)c12. The molecule has 0 aliphatic heterocycles. The Kier molecular flexibility index (Phi) is 3.53. The van der Waals surface area contributed by atoms with Crippen LogP contribution in [0.5, 0.6) is 11.5 Å². The number of esters is 2. The first kappa shape index (κ1) is 14.8. The van der Waals surface area contributed by atoms with Crippen LogP contribution in [-0.2, 0) is 19.9 Å². The maximum absolute atomic E-state index is 11.4. The maximum Gasteiger partial charge on any atom is 0.308 e. The summed E-state index contributed by atoms with van der Waals surface area (Å²) in [6.07, 6.45) is 5.78. The second-order valence-corrected chi connectivity index (χ2v) is 5.64. The molecule has 0 fully saturated rings. The average molecular weight is 302 g/mol. The van der Waals surface area contributed by atoms with Crippen molar-refractivity contribution < 1.29 is 23.8 Å². The van der Waals surface area contributed by atoms with Crippen molar-refractivity contribution >= 4 is 11.9 Å². The van der Waals surface area contributed by atoms with Gasteiger partial charge in [0.05, 0.1) is 0 Å². The molecule has 0 N–H and O–H groups in total. The Morgan fingerprint density at radius 1 is 1.14 bits per heavy atom. The summed E-state index contributed by atoms with van der Waals surface area (Å²) < 4.78 is 16.5. The lowest BCUT2D eigenvalue weighted by Crippen LogP contribution is -2.36. The van der Waals surface area contributed by atoms with Crippen LogP contribution < -0.4 is 9.47 Å². The molecule has 0 heterocycles. The van der Waals surface area contributed by atoms with Crippen LogP contribution in [0.25, 0.3) is 0 Å². The van der Waals surface area contributed by atoms with Gasteiger partial charge in [0, 0.05) is 38.0 Å². The van der Waals surface area contributed by atoms with Crippen LogP contribution in [0.2, 0.25) is 0 Å². The number of benzene rings is 1. The largest absolute Gasteiger partial charge is 0.426 e. The minimum absolute atomic E-state index is 0.136. The van der Waals surface area contributed by atoms with Crippen molar-refractivity contribution in [1.29, 1.82) is 0 Å². The van der Waals surface area contributed by atoms with Gasteiger partial charge in [0.25, 0.3) is 0 Å². The molecule has 0 amide bonds. The number of hydrogen-bond donors (Lipinski definition) is 0. The second kappa shape index (κ2) is 5.25. The van der Waals surface area contributed by atoms with Crippen molar-refractivity contribution in [3.8, 4) is 11.5 Å². The molecular weight excluding hydrogens is 284 g/mol. The molecule has 5 nitrogen and oxygen atoms in total. The van der Waals surface area contributed by atoms with Crippen molar-refractivity contribution in [2.24, 2.45) is 0 Å². The van der Waals surface area contributed by atoms with Crippen LogP contribution in [0, 0.1) is 0 Å². The molecule has 1 aromatic rings. The third-order valence-corrected chi connectivity index (χ3v) is 4.26. The van der Waals surface area contributed by atoms with Gasteiger partial charge in [-0.2, -0.15) is 0 Å². The number of allylic oxidation sites excluding steroid dienone is 1. The Balaban J connectivity index is 2.22. The van der Waals surface area contributed by atoms with E-state index < -0.39 is 5.60 Å². The Bertz CT molecular complexity index is 676. The molecule has 0 aromatic heterocycles. The summed E-state index contributed by atoms with van der Waals surface area (Å²) in [6, 6.07) is 3.34. The highest BCUT2D eigenvalue weighted by Crippen LogP contribution is 2.55. The highest BCUT2D eigenvalue weighted by atomic mass is 16.5. The molecule has 4 rings (SSSR count). The molecule has 1 aromatic carbocycles. The zero-order valence-corrected chi connectivity index (χ0v) is 12.8. The molecule has 3 aliphatic carbocycles. The fraction of sp³-hybridized carbons (Fsp3) is 0.412. The van der Waals surface area contributed by atoms with E-state index in [1.54, 1.807) is 19.2 Å². The first-order chi connectivity index (χ1) is 10.5. The van der Waals surface area contributed by atoms with Crippen LogP contribution in [0.4, 0.5) is 0 Å². The summed E-state index contributed by atoms with van der Waals surface area (Å²) in [5, 5.41) is 0. The standard InChI is InChI=1S/C17H18O5/c1-10(18)21-13-4-5-14(22-11(2)19)16-15(13)12-6-8-17(16,20-3)9-7-12/h4-6,8,12H,7,9H2,1-3H3/t12-,17+/m1/s1. The molecule has 0 saturated carbocycles. The number of carbonyl (C=O) groups excluding carboxylic acids is 2. The highest BCUT2D eigenvalue weighted by Gasteiger charge is 2.45. The van der Waals surface area contributed by atoms with E-state index >= 15 is 0 Å². The number of methoxy groups -OCH3 is 1. The van der Waals surface area contributed by atoms with E-state index in [2.05, 4.69) is 6.08 Å². The molecule has 0 radical (unpaired) electrons. The molecule has 5 heteroatoms.